The number of nitrogens with one attached hydrogen (secondary N) is 1. The third kappa shape index (κ3) is 6.49. The molecule has 1 N–H and O–H groups in total. The number of hydrogen-bond donors (Lipinski definition) is 1. The highest BCUT2D eigenvalue weighted by Crippen LogP contribution is 2.29. The maximum Gasteiger partial charge on any atom is 0.142 e. The fourth-order valence-electron chi connectivity index (χ4n) is 3.36. The molecule has 0 unspecified atom stereocenters. The normalized spacial score (nSPS) is 10.5. The third-order valence-corrected chi connectivity index (χ3v) is 4.73. The molecule has 0 fully saturated rings. The fourth-order valence-corrected chi connectivity index (χ4v) is 3.36. The van der Waals surface area contributed by atoms with E-state index in [0.717, 1.165) is 27.6 Å². The Bertz CT molecular complexity index is 1090. The summed E-state index contributed by atoms with van der Waals surface area (Å²) in [4.78, 5) is 9.48. The van der Waals surface area contributed by atoms with Crippen LogP contribution in [0.1, 0.15) is 39.2 Å². The smallest absolute Gasteiger partial charge is 0.142 e. The average molecular weight is 424 g/mol. The first-order valence-corrected chi connectivity index (χ1v) is 10.8. The van der Waals surface area contributed by atoms with Gasteiger partial charge in [-0.05, 0) is 76.2 Å². The van der Waals surface area contributed by atoms with Gasteiger partial charge in [0.2, 0.25) is 0 Å². The molecule has 0 aromatic carbocycles. The lowest BCUT2D eigenvalue weighted by Crippen LogP contribution is -2.19. The molecule has 0 atom stereocenters. The zero-order valence-corrected chi connectivity index (χ0v) is 19.3. The molecule has 0 saturated carbocycles. The van der Waals surface area contributed by atoms with Gasteiger partial charge in [-0.25, -0.2) is 13.9 Å². The van der Waals surface area contributed by atoms with Crippen LogP contribution in [0.2, 0.25) is 0 Å². The number of aryl methyl sites for hydroxylation is 1. The summed E-state index contributed by atoms with van der Waals surface area (Å²) in [5.41, 5.74) is 4.79. The number of aromatic nitrogens is 4. The van der Waals surface area contributed by atoms with Gasteiger partial charge in [-0.2, -0.15) is 5.10 Å². The van der Waals surface area contributed by atoms with E-state index in [1.807, 2.05) is 43.0 Å². The number of pyridine rings is 2. The molecule has 5 nitrogen and oxygen atoms in total. The summed E-state index contributed by atoms with van der Waals surface area (Å²) in [6, 6.07) is 5.52. The van der Waals surface area contributed by atoms with Crippen molar-refractivity contribution in [2.45, 2.75) is 40.5 Å². The van der Waals surface area contributed by atoms with E-state index in [0.29, 0.717) is 5.65 Å². The van der Waals surface area contributed by atoms with Gasteiger partial charge in [0.05, 0.1) is 17.9 Å². The highest BCUT2D eigenvalue weighted by molar-refractivity contribution is 5.94. The van der Waals surface area contributed by atoms with Crippen LogP contribution in [0.25, 0.3) is 27.7 Å². The first-order chi connectivity index (χ1) is 14.9. The summed E-state index contributed by atoms with van der Waals surface area (Å²) in [7, 11) is 2.17. The van der Waals surface area contributed by atoms with E-state index in [9.17, 15) is 4.39 Å². The number of rotatable bonds is 5. The Hall–Kier alpha value is -2.99. The number of nitrogens with zero attached hydrogens (tertiary/aromatic N) is 4. The minimum absolute atomic E-state index is 0.333. The van der Waals surface area contributed by atoms with E-state index >= 15 is 0 Å². The molecule has 0 spiro atoms. The highest BCUT2D eigenvalue weighted by atomic mass is 19.1. The minimum atomic E-state index is -0.333. The van der Waals surface area contributed by atoms with E-state index < -0.39 is 0 Å². The van der Waals surface area contributed by atoms with Crippen molar-refractivity contribution >= 4 is 16.6 Å². The number of aromatic amines is 1. The predicted molar refractivity (Wildman–Crippen MR) is 129 cm³/mol. The molecule has 0 saturated heterocycles. The second kappa shape index (κ2) is 12.0. The van der Waals surface area contributed by atoms with Crippen LogP contribution >= 0.6 is 0 Å². The van der Waals surface area contributed by atoms with Gasteiger partial charge >= 0.3 is 0 Å². The molecular weight excluding hydrogens is 389 g/mol. The average Bonchev–Trinajstić information content (AvgIpc) is 3.32. The lowest BCUT2D eigenvalue weighted by molar-refractivity contribution is 0.335. The summed E-state index contributed by atoms with van der Waals surface area (Å²) in [6.07, 6.45) is 11.1. The van der Waals surface area contributed by atoms with Crippen molar-refractivity contribution in [2.24, 2.45) is 0 Å². The maximum atomic E-state index is 13.4. The van der Waals surface area contributed by atoms with Crippen LogP contribution in [0.3, 0.4) is 0 Å². The Labute approximate surface area is 184 Å². The lowest BCUT2D eigenvalue weighted by Gasteiger charge is -2.12. The van der Waals surface area contributed by atoms with Crippen molar-refractivity contribution in [1.82, 2.24) is 24.5 Å². The Morgan fingerprint density at radius 1 is 1.19 bits per heavy atom. The molecule has 4 rings (SSSR count). The van der Waals surface area contributed by atoms with Crippen LogP contribution in [-0.4, -0.2) is 44.6 Å². The van der Waals surface area contributed by atoms with Crippen LogP contribution in [0.5, 0.6) is 0 Å². The molecule has 0 aliphatic heterocycles. The van der Waals surface area contributed by atoms with E-state index in [1.165, 1.54) is 38.2 Å². The lowest BCUT2D eigenvalue weighted by atomic mass is 10.1. The number of H-pyrrole nitrogens is 1. The molecule has 166 valence electrons. The van der Waals surface area contributed by atoms with Crippen LogP contribution in [0.15, 0.2) is 55.6 Å². The van der Waals surface area contributed by atoms with Gasteiger partial charge in [0, 0.05) is 23.3 Å². The summed E-state index contributed by atoms with van der Waals surface area (Å²) in [5, 5.41) is 5.04. The molecule has 4 aromatic rings. The van der Waals surface area contributed by atoms with Gasteiger partial charge in [-0.15, -0.1) is 6.58 Å². The Morgan fingerprint density at radius 3 is 2.52 bits per heavy atom. The molecule has 0 aliphatic rings. The van der Waals surface area contributed by atoms with Crippen LogP contribution < -0.4 is 0 Å². The first-order valence-electron chi connectivity index (χ1n) is 10.8. The van der Waals surface area contributed by atoms with Gasteiger partial charge in [0.15, 0.2) is 0 Å². The molecular formula is C25H34FN5. The standard InChI is InChI=1S/C15H11FN4.C7H17N.C3H6/c1-9-6-19-20-3-2-10(4-14(9)20)13-8-18-15-12(13)5-11(16)7-17-15;1-4-6-8(3)7-5-2;1-3-2/h2-8H,1H3,(H,17,18);4-7H2,1-3H3;3H,1H2,2H3. The molecule has 31 heavy (non-hydrogen) atoms. The van der Waals surface area contributed by atoms with Crippen LogP contribution in [0, 0.1) is 12.7 Å². The monoisotopic (exact) mass is 423 g/mol. The molecule has 0 amide bonds. The Morgan fingerprint density at radius 2 is 1.87 bits per heavy atom. The number of allylic oxidation sites excluding steroid dienone is 1. The summed E-state index contributed by atoms with van der Waals surface area (Å²) in [5.74, 6) is -0.333. The van der Waals surface area contributed by atoms with Gasteiger partial charge in [0.25, 0.3) is 0 Å². The second-order valence-corrected chi connectivity index (χ2v) is 7.54. The number of hydrogen-bond acceptors (Lipinski definition) is 3. The van der Waals surface area contributed by atoms with Crippen molar-refractivity contribution in [3.63, 3.8) is 0 Å². The zero-order valence-electron chi connectivity index (χ0n) is 19.3. The van der Waals surface area contributed by atoms with Crippen molar-refractivity contribution < 1.29 is 4.39 Å². The van der Waals surface area contributed by atoms with Crippen molar-refractivity contribution in [1.29, 1.82) is 0 Å². The summed E-state index contributed by atoms with van der Waals surface area (Å²) < 4.78 is 15.2. The van der Waals surface area contributed by atoms with Crippen molar-refractivity contribution in [2.75, 3.05) is 20.1 Å². The Kier molecular flexibility index (Phi) is 9.40. The highest BCUT2D eigenvalue weighted by Gasteiger charge is 2.09. The predicted octanol–water partition coefficient (Wildman–Crippen LogP) is 6.26. The van der Waals surface area contributed by atoms with Crippen LogP contribution in [0.4, 0.5) is 4.39 Å². The van der Waals surface area contributed by atoms with Crippen molar-refractivity contribution in [3.05, 3.63) is 67.0 Å². The van der Waals surface area contributed by atoms with Gasteiger partial charge in [-0.3, -0.25) is 0 Å². The SMILES string of the molecule is C=CC.CCCN(C)CCC.Cc1cnn2ccc(-c3c[nH]c4ncc(F)cc34)cc12. The molecule has 6 heteroatoms. The topological polar surface area (TPSA) is 49.2 Å². The Balaban J connectivity index is 0.000000263. The van der Waals surface area contributed by atoms with Gasteiger partial charge in [0.1, 0.15) is 11.5 Å². The van der Waals surface area contributed by atoms with E-state index in [-0.39, 0.29) is 5.82 Å². The molecule has 4 aromatic heterocycles. The fraction of sp³-hybridized carbons (Fsp3) is 0.360. The summed E-state index contributed by atoms with van der Waals surface area (Å²) in [6.45, 7) is 14.2. The van der Waals surface area contributed by atoms with Gasteiger partial charge < -0.3 is 9.88 Å². The molecule has 0 radical (unpaired) electrons. The van der Waals surface area contributed by atoms with E-state index in [2.05, 4.69) is 53.5 Å². The molecule has 0 aliphatic carbocycles. The van der Waals surface area contributed by atoms with E-state index in [4.69, 9.17) is 0 Å². The zero-order chi connectivity index (χ0) is 22.8. The molecule has 0 bridgehead atoms. The quantitative estimate of drug-likeness (QED) is 0.386. The number of halogens is 1. The second-order valence-electron chi connectivity index (χ2n) is 7.54. The number of fused-ring (bicyclic) bond motifs is 2. The minimum Gasteiger partial charge on any atom is -0.346 e. The largest absolute Gasteiger partial charge is 0.346 e. The third-order valence-electron chi connectivity index (χ3n) is 4.73. The van der Waals surface area contributed by atoms with Crippen LogP contribution in [-0.2, 0) is 0 Å². The summed E-state index contributed by atoms with van der Waals surface area (Å²) >= 11 is 0. The van der Waals surface area contributed by atoms with Gasteiger partial charge in [-0.1, -0.05) is 19.9 Å². The van der Waals surface area contributed by atoms with Crippen molar-refractivity contribution in [3.8, 4) is 11.1 Å². The maximum absolute atomic E-state index is 13.4. The van der Waals surface area contributed by atoms with E-state index in [1.54, 1.807) is 6.08 Å². The molecule has 4 heterocycles. The first kappa shape index (κ1) is 24.3.